The second-order valence-electron chi connectivity index (χ2n) is 3.97. The lowest BCUT2D eigenvalue weighted by molar-refractivity contribution is 0.0391. The van der Waals surface area contributed by atoms with Crippen molar-refractivity contribution in [3.63, 3.8) is 0 Å². The van der Waals surface area contributed by atoms with Crippen LogP contribution in [0.1, 0.15) is 26.2 Å². The molecule has 0 aromatic carbocycles. The smallest absolute Gasteiger partial charge is 0.446 e. The molecule has 1 rings (SSSR count). The molecular weight excluding hydrogens is 212 g/mol. The summed E-state index contributed by atoms with van der Waals surface area (Å²) in [5.41, 5.74) is 8.27. The normalized spacial score (nSPS) is 21.9. The Balaban J connectivity index is 2.50. The van der Waals surface area contributed by atoms with Gasteiger partial charge < -0.3 is 9.84 Å². The number of amides is 1. The third-order valence-electron chi connectivity index (χ3n) is 2.68. The van der Waals surface area contributed by atoms with Gasteiger partial charge in [-0.05, 0) is 37.3 Å². The minimum atomic E-state index is -1.22. The molecule has 0 saturated carbocycles. The molecule has 0 aromatic rings. The molecule has 1 saturated heterocycles. The lowest BCUT2D eigenvalue weighted by Gasteiger charge is -2.25. The molecule has 1 fully saturated rings. The predicted molar refractivity (Wildman–Crippen MR) is 56.6 cm³/mol. The summed E-state index contributed by atoms with van der Waals surface area (Å²) in [6.45, 7) is 3.18. The molecule has 0 aromatic heterocycles. The van der Waals surface area contributed by atoms with E-state index in [0.29, 0.717) is 18.9 Å². The summed E-state index contributed by atoms with van der Waals surface area (Å²) in [5, 5.41) is 12.8. The monoisotopic (exact) mass is 228 g/mol. The predicted octanol–water partition coefficient (Wildman–Crippen LogP) is 2.40. The molecule has 0 spiro atoms. The number of hydrogen-bond donors (Lipinski definition) is 1. The van der Waals surface area contributed by atoms with Crippen molar-refractivity contribution in [3.8, 4) is 0 Å². The molecule has 7 nitrogen and oxygen atoms in total. The highest BCUT2D eigenvalue weighted by atomic mass is 16.5. The van der Waals surface area contributed by atoms with Crippen LogP contribution in [0.3, 0.4) is 0 Å². The summed E-state index contributed by atoms with van der Waals surface area (Å²) in [4.78, 5) is 13.3. The second kappa shape index (κ2) is 6.19. The molecule has 1 N–H and O–H groups in total. The zero-order valence-corrected chi connectivity index (χ0v) is 9.24. The fourth-order valence-corrected chi connectivity index (χ4v) is 1.93. The highest BCUT2D eigenvalue weighted by molar-refractivity contribution is 5.64. The first-order valence-electron chi connectivity index (χ1n) is 5.30. The van der Waals surface area contributed by atoms with Gasteiger partial charge in [0.15, 0.2) is 0 Å². The van der Waals surface area contributed by atoms with Crippen molar-refractivity contribution in [3.05, 3.63) is 10.4 Å². The molecule has 1 amide bonds. The summed E-state index contributed by atoms with van der Waals surface area (Å²) in [6.07, 6.45) is 1.48. The van der Waals surface area contributed by atoms with E-state index in [-0.39, 0.29) is 6.04 Å². The van der Waals surface area contributed by atoms with Crippen LogP contribution in [0.2, 0.25) is 0 Å². The molecule has 0 aliphatic carbocycles. The van der Waals surface area contributed by atoms with Gasteiger partial charge in [-0.2, -0.15) is 9.71 Å². The maximum atomic E-state index is 10.8. The molecule has 16 heavy (non-hydrogen) atoms. The van der Waals surface area contributed by atoms with Gasteiger partial charge in [0.1, 0.15) is 6.04 Å². The lowest BCUT2D eigenvalue weighted by Crippen LogP contribution is -2.35. The molecule has 0 radical (unpaired) electrons. The molecule has 1 heterocycles. The topological polar surface area (TPSA) is 98.5 Å². The van der Waals surface area contributed by atoms with E-state index in [9.17, 15) is 4.79 Å². The van der Waals surface area contributed by atoms with E-state index in [0.717, 1.165) is 24.5 Å². The van der Waals surface area contributed by atoms with Crippen LogP contribution in [0, 0.1) is 5.92 Å². The minimum Gasteiger partial charge on any atom is -0.446 e. The number of ether oxygens (including phenoxy) is 1. The van der Waals surface area contributed by atoms with Crippen LogP contribution in [0.25, 0.3) is 10.4 Å². The molecular formula is C9H16N4O3. The van der Waals surface area contributed by atoms with Crippen molar-refractivity contribution in [2.24, 2.45) is 11.1 Å². The minimum absolute atomic E-state index is 0.319. The van der Waals surface area contributed by atoms with Crippen molar-refractivity contribution in [1.29, 1.82) is 0 Å². The fraction of sp³-hybridized carbons (Fsp3) is 0.889. The highest BCUT2D eigenvalue weighted by Crippen LogP contribution is 2.21. The van der Waals surface area contributed by atoms with E-state index < -0.39 is 6.09 Å². The third-order valence-corrected chi connectivity index (χ3v) is 2.68. The van der Waals surface area contributed by atoms with Crippen molar-refractivity contribution < 1.29 is 14.6 Å². The van der Waals surface area contributed by atoms with Crippen molar-refractivity contribution in [2.45, 2.75) is 32.2 Å². The van der Waals surface area contributed by atoms with E-state index >= 15 is 0 Å². The lowest BCUT2D eigenvalue weighted by atomic mass is 9.95. The van der Waals surface area contributed by atoms with Crippen molar-refractivity contribution >= 4 is 6.09 Å². The van der Waals surface area contributed by atoms with Crippen LogP contribution in [0.5, 0.6) is 0 Å². The molecule has 1 aliphatic rings. The van der Waals surface area contributed by atoms with Crippen LogP contribution >= 0.6 is 0 Å². The Morgan fingerprint density at radius 2 is 2.56 bits per heavy atom. The van der Waals surface area contributed by atoms with E-state index in [1.165, 1.54) is 0 Å². The Labute approximate surface area is 93.6 Å². The van der Waals surface area contributed by atoms with Gasteiger partial charge in [0.2, 0.25) is 0 Å². The van der Waals surface area contributed by atoms with Gasteiger partial charge in [0.05, 0.1) is 0 Å². The van der Waals surface area contributed by atoms with Crippen LogP contribution in [0.15, 0.2) is 5.22 Å². The van der Waals surface area contributed by atoms with Gasteiger partial charge in [-0.15, -0.1) is 10.5 Å². The van der Waals surface area contributed by atoms with Gasteiger partial charge in [0.25, 0.3) is 0 Å². The van der Waals surface area contributed by atoms with Gasteiger partial charge >= 0.3 is 6.09 Å². The molecule has 1 unspecified atom stereocenters. The highest BCUT2D eigenvalue weighted by Gasteiger charge is 2.27. The average Bonchev–Trinajstić information content (AvgIpc) is 2.26. The maximum absolute atomic E-state index is 10.8. The first-order chi connectivity index (χ1) is 7.65. The van der Waals surface area contributed by atoms with Crippen LogP contribution in [-0.2, 0) is 4.74 Å². The zero-order chi connectivity index (χ0) is 12.0. The SMILES string of the molecule is C[C@@H](CC1CCCOC1)N(N=[N+]=[N-])C(=O)O. The van der Waals surface area contributed by atoms with Crippen LogP contribution < -0.4 is 0 Å². The summed E-state index contributed by atoms with van der Waals surface area (Å²) in [6, 6.07) is -0.319. The van der Waals surface area contributed by atoms with Gasteiger partial charge in [-0.25, -0.2) is 0 Å². The maximum Gasteiger partial charge on any atom is 0.508 e. The van der Waals surface area contributed by atoms with Gasteiger partial charge in [-0.1, -0.05) is 0 Å². The number of hydrogen-bond acceptors (Lipinski definition) is 3. The largest absolute Gasteiger partial charge is 0.508 e. The Bertz CT molecular complexity index is 282. The van der Waals surface area contributed by atoms with Crippen LogP contribution in [-0.4, -0.2) is 35.5 Å². The molecule has 2 atom stereocenters. The van der Waals surface area contributed by atoms with Gasteiger partial charge in [-0.3, -0.25) is 0 Å². The molecule has 1 aliphatic heterocycles. The molecule has 90 valence electrons. The number of nitrogens with zero attached hydrogens (tertiary/aromatic N) is 4. The summed E-state index contributed by atoms with van der Waals surface area (Å²) < 4.78 is 5.31. The fourth-order valence-electron chi connectivity index (χ4n) is 1.93. The Hall–Kier alpha value is -1.46. The second-order valence-corrected chi connectivity index (χ2v) is 3.97. The summed E-state index contributed by atoms with van der Waals surface area (Å²) in [7, 11) is 0. The number of carbonyl (C=O) groups is 1. The summed E-state index contributed by atoms with van der Waals surface area (Å²) in [5.74, 6) is 0.347. The Morgan fingerprint density at radius 3 is 3.06 bits per heavy atom. The number of azide groups is 1. The van der Waals surface area contributed by atoms with Crippen LogP contribution in [0.4, 0.5) is 4.79 Å². The Kier molecular flexibility index (Phi) is 4.88. The number of rotatable bonds is 4. The quantitative estimate of drug-likeness (QED) is 0.346. The van der Waals surface area contributed by atoms with E-state index in [2.05, 4.69) is 10.1 Å². The third kappa shape index (κ3) is 3.60. The van der Waals surface area contributed by atoms with E-state index in [1.807, 2.05) is 0 Å². The van der Waals surface area contributed by atoms with E-state index in [4.69, 9.17) is 15.4 Å². The first kappa shape index (κ1) is 12.6. The summed E-state index contributed by atoms with van der Waals surface area (Å²) >= 11 is 0. The zero-order valence-electron chi connectivity index (χ0n) is 9.24. The Morgan fingerprint density at radius 1 is 1.81 bits per heavy atom. The standard InChI is InChI=1S/C9H16N4O3/c1-7(13(9(14)15)12-11-10)5-8-3-2-4-16-6-8/h7-8H,2-6H2,1H3,(H,14,15)/t7-,8?/m0/s1. The average molecular weight is 228 g/mol. The molecule has 7 heteroatoms. The number of carboxylic acid groups (broad SMARTS) is 1. The first-order valence-corrected chi connectivity index (χ1v) is 5.30. The molecule has 0 bridgehead atoms. The van der Waals surface area contributed by atoms with Crippen molar-refractivity contribution in [2.75, 3.05) is 13.2 Å². The van der Waals surface area contributed by atoms with Gasteiger partial charge in [0, 0.05) is 13.2 Å². The van der Waals surface area contributed by atoms with E-state index in [1.54, 1.807) is 6.92 Å². The van der Waals surface area contributed by atoms with Crippen molar-refractivity contribution in [1.82, 2.24) is 5.01 Å².